The third-order valence-electron chi connectivity index (χ3n) is 3.45. The summed E-state index contributed by atoms with van der Waals surface area (Å²) in [4.78, 5) is 27.2. The molecule has 1 aliphatic heterocycles. The minimum Gasteiger partial charge on any atom is -0.341 e. The van der Waals surface area contributed by atoms with E-state index in [9.17, 15) is 9.59 Å². The fourth-order valence-corrected chi connectivity index (χ4v) is 2.02. The van der Waals surface area contributed by atoms with Gasteiger partial charge in [-0.15, -0.1) is 0 Å². The summed E-state index contributed by atoms with van der Waals surface area (Å²) in [6, 6.07) is -0.485. The van der Waals surface area contributed by atoms with Crippen LogP contribution in [0.5, 0.6) is 0 Å². The topological polar surface area (TPSA) is 66.6 Å². The lowest BCUT2D eigenvalue weighted by molar-refractivity contribution is -0.135. The van der Waals surface area contributed by atoms with E-state index >= 15 is 0 Å². The molecule has 2 N–H and O–H groups in total. The molecule has 0 aromatic rings. The molecule has 5 nitrogen and oxygen atoms in total. The Kier molecular flexibility index (Phi) is 4.73. The van der Waals surface area contributed by atoms with Crippen LogP contribution in [0.25, 0.3) is 0 Å². The highest BCUT2D eigenvalue weighted by molar-refractivity contribution is 5.82. The van der Waals surface area contributed by atoms with Gasteiger partial charge >= 0.3 is 0 Å². The van der Waals surface area contributed by atoms with E-state index in [0.717, 1.165) is 13.0 Å². The van der Waals surface area contributed by atoms with E-state index in [1.165, 1.54) is 0 Å². The van der Waals surface area contributed by atoms with Gasteiger partial charge in [-0.1, -0.05) is 20.8 Å². The van der Waals surface area contributed by atoms with Crippen molar-refractivity contribution in [3.8, 4) is 0 Å². The molecule has 0 aliphatic carbocycles. The average Bonchev–Trinajstić information content (AvgIpc) is 2.51. The van der Waals surface area contributed by atoms with Crippen molar-refractivity contribution >= 4 is 11.8 Å². The minimum absolute atomic E-state index is 0.00657. The molecule has 18 heavy (non-hydrogen) atoms. The molecule has 0 bridgehead atoms. The molecule has 0 unspecified atom stereocenters. The molecule has 1 rings (SSSR count). The monoisotopic (exact) mass is 255 g/mol. The zero-order valence-electron chi connectivity index (χ0n) is 11.9. The quantitative estimate of drug-likeness (QED) is 0.739. The van der Waals surface area contributed by atoms with Gasteiger partial charge in [0.2, 0.25) is 11.8 Å². The molecule has 0 aromatic carbocycles. The maximum absolute atomic E-state index is 12.3. The van der Waals surface area contributed by atoms with Crippen LogP contribution in [0.3, 0.4) is 0 Å². The SMILES string of the molecule is CC(=O)N1CCCN(C(=O)[C@@H](N)C(C)(C)C)CC1. The number of carbonyl (C=O) groups excluding carboxylic acids is 2. The molecule has 2 amide bonds. The molecule has 0 aromatic heterocycles. The fourth-order valence-electron chi connectivity index (χ4n) is 2.02. The van der Waals surface area contributed by atoms with E-state index in [4.69, 9.17) is 5.73 Å². The summed E-state index contributed by atoms with van der Waals surface area (Å²) >= 11 is 0. The summed E-state index contributed by atoms with van der Waals surface area (Å²) in [5.41, 5.74) is 5.77. The first-order valence-corrected chi connectivity index (χ1v) is 6.53. The van der Waals surface area contributed by atoms with Crippen molar-refractivity contribution in [1.82, 2.24) is 9.80 Å². The average molecular weight is 255 g/mol. The lowest BCUT2D eigenvalue weighted by Crippen LogP contribution is -2.51. The maximum Gasteiger partial charge on any atom is 0.240 e. The molecule has 1 fully saturated rings. The van der Waals surface area contributed by atoms with Crippen molar-refractivity contribution in [1.29, 1.82) is 0 Å². The number of nitrogens with zero attached hydrogens (tertiary/aromatic N) is 2. The van der Waals surface area contributed by atoms with Crippen molar-refractivity contribution in [2.45, 2.75) is 40.2 Å². The first-order chi connectivity index (χ1) is 8.23. The molecule has 0 radical (unpaired) electrons. The maximum atomic E-state index is 12.3. The Morgan fingerprint density at radius 3 is 2.06 bits per heavy atom. The third kappa shape index (κ3) is 3.70. The normalized spacial score (nSPS) is 19.4. The summed E-state index contributed by atoms with van der Waals surface area (Å²) in [6.07, 6.45) is 0.822. The summed E-state index contributed by atoms with van der Waals surface area (Å²) in [6.45, 7) is 10.1. The number of amides is 2. The van der Waals surface area contributed by atoms with Crippen LogP contribution in [0, 0.1) is 5.41 Å². The Hall–Kier alpha value is -1.10. The third-order valence-corrected chi connectivity index (χ3v) is 3.45. The van der Waals surface area contributed by atoms with E-state index in [-0.39, 0.29) is 17.2 Å². The Balaban J connectivity index is 2.63. The molecular weight excluding hydrogens is 230 g/mol. The van der Waals surface area contributed by atoms with Crippen LogP contribution in [-0.4, -0.2) is 53.8 Å². The highest BCUT2D eigenvalue weighted by atomic mass is 16.2. The highest BCUT2D eigenvalue weighted by Crippen LogP contribution is 2.19. The number of carbonyl (C=O) groups is 2. The van der Waals surface area contributed by atoms with Gasteiger partial charge in [-0.05, 0) is 11.8 Å². The van der Waals surface area contributed by atoms with Gasteiger partial charge in [0.25, 0.3) is 0 Å². The second kappa shape index (κ2) is 5.69. The Bertz CT molecular complexity index is 323. The predicted molar refractivity (Wildman–Crippen MR) is 70.9 cm³/mol. The second-order valence-corrected chi connectivity index (χ2v) is 6.03. The number of nitrogens with two attached hydrogens (primary N) is 1. The van der Waals surface area contributed by atoms with E-state index < -0.39 is 6.04 Å². The van der Waals surface area contributed by atoms with Crippen LogP contribution >= 0.6 is 0 Å². The summed E-state index contributed by atoms with van der Waals surface area (Å²) < 4.78 is 0. The number of hydrogen-bond donors (Lipinski definition) is 1. The summed E-state index contributed by atoms with van der Waals surface area (Å²) in [7, 11) is 0. The van der Waals surface area contributed by atoms with Gasteiger partial charge in [-0.2, -0.15) is 0 Å². The number of hydrogen-bond acceptors (Lipinski definition) is 3. The molecule has 0 spiro atoms. The van der Waals surface area contributed by atoms with Gasteiger partial charge in [0.1, 0.15) is 0 Å². The van der Waals surface area contributed by atoms with Gasteiger partial charge in [-0.3, -0.25) is 9.59 Å². The Labute approximate surface area is 109 Å². The molecule has 1 heterocycles. The van der Waals surface area contributed by atoms with Crippen molar-refractivity contribution in [3.63, 3.8) is 0 Å². The smallest absolute Gasteiger partial charge is 0.240 e. The largest absolute Gasteiger partial charge is 0.341 e. The number of rotatable bonds is 1. The predicted octanol–water partition coefficient (Wildman–Crippen LogP) is 0.441. The lowest BCUT2D eigenvalue weighted by Gasteiger charge is -2.31. The standard InChI is InChI=1S/C13H25N3O2/c1-10(17)15-6-5-7-16(9-8-15)12(18)11(14)13(2,3)4/h11H,5-9,14H2,1-4H3/t11-/m1/s1. The molecular formula is C13H25N3O2. The Morgan fingerprint density at radius 1 is 1.06 bits per heavy atom. The van der Waals surface area contributed by atoms with Crippen molar-refractivity contribution in [2.75, 3.05) is 26.2 Å². The van der Waals surface area contributed by atoms with Crippen molar-refractivity contribution < 1.29 is 9.59 Å². The van der Waals surface area contributed by atoms with Gasteiger partial charge in [-0.25, -0.2) is 0 Å². The molecule has 1 aliphatic rings. The first kappa shape index (κ1) is 15.0. The fraction of sp³-hybridized carbons (Fsp3) is 0.846. The van der Waals surface area contributed by atoms with E-state index in [0.29, 0.717) is 19.6 Å². The Morgan fingerprint density at radius 2 is 1.56 bits per heavy atom. The molecule has 104 valence electrons. The van der Waals surface area contributed by atoms with Crippen LogP contribution in [0.1, 0.15) is 34.1 Å². The minimum atomic E-state index is -0.485. The van der Waals surface area contributed by atoms with Crippen LogP contribution in [0.4, 0.5) is 0 Å². The van der Waals surface area contributed by atoms with Gasteiger partial charge < -0.3 is 15.5 Å². The van der Waals surface area contributed by atoms with Gasteiger partial charge in [0.05, 0.1) is 6.04 Å². The molecule has 1 saturated heterocycles. The second-order valence-electron chi connectivity index (χ2n) is 6.03. The summed E-state index contributed by atoms with van der Waals surface area (Å²) in [5.74, 6) is 0.0670. The van der Waals surface area contributed by atoms with E-state index in [1.54, 1.807) is 16.7 Å². The molecule has 1 atom stereocenters. The van der Waals surface area contributed by atoms with Crippen molar-refractivity contribution in [3.05, 3.63) is 0 Å². The van der Waals surface area contributed by atoms with Crippen LogP contribution in [0.2, 0.25) is 0 Å². The van der Waals surface area contributed by atoms with Crippen LogP contribution in [-0.2, 0) is 9.59 Å². The van der Waals surface area contributed by atoms with Crippen LogP contribution < -0.4 is 5.73 Å². The van der Waals surface area contributed by atoms with E-state index in [1.807, 2.05) is 20.8 Å². The van der Waals surface area contributed by atoms with Crippen molar-refractivity contribution in [2.24, 2.45) is 11.1 Å². The van der Waals surface area contributed by atoms with Gasteiger partial charge in [0.15, 0.2) is 0 Å². The molecule has 0 saturated carbocycles. The van der Waals surface area contributed by atoms with Crippen LogP contribution in [0.15, 0.2) is 0 Å². The van der Waals surface area contributed by atoms with Gasteiger partial charge in [0, 0.05) is 33.1 Å². The summed E-state index contributed by atoms with van der Waals surface area (Å²) in [5, 5.41) is 0. The lowest BCUT2D eigenvalue weighted by atomic mass is 9.86. The van der Waals surface area contributed by atoms with E-state index in [2.05, 4.69) is 0 Å². The zero-order valence-corrected chi connectivity index (χ0v) is 11.9. The first-order valence-electron chi connectivity index (χ1n) is 6.53. The highest BCUT2D eigenvalue weighted by Gasteiger charge is 2.31. The zero-order chi connectivity index (χ0) is 13.9. The molecule has 5 heteroatoms.